The summed E-state index contributed by atoms with van der Waals surface area (Å²) < 4.78 is 5.18. The fraction of sp³-hybridized carbons (Fsp3) is 0.833. The van der Waals surface area contributed by atoms with Gasteiger partial charge in [-0.15, -0.1) is 0 Å². The standard InChI is InChI=1S/C12H21NO4/c1-3-4-5-8(2)13-11(14)9-6-7-10(17-9)12(15)16/h8-10H,3-7H2,1-2H3,(H,13,14)(H,15,16). The summed E-state index contributed by atoms with van der Waals surface area (Å²) in [6.45, 7) is 4.06. The molecule has 0 aromatic heterocycles. The summed E-state index contributed by atoms with van der Waals surface area (Å²) in [6.07, 6.45) is 2.60. The van der Waals surface area contributed by atoms with E-state index >= 15 is 0 Å². The summed E-state index contributed by atoms with van der Waals surface area (Å²) in [4.78, 5) is 22.4. The molecule has 0 spiro atoms. The van der Waals surface area contributed by atoms with Crippen molar-refractivity contribution in [2.24, 2.45) is 0 Å². The largest absolute Gasteiger partial charge is 0.479 e. The summed E-state index contributed by atoms with van der Waals surface area (Å²) >= 11 is 0. The minimum Gasteiger partial charge on any atom is -0.479 e. The molecule has 1 aliphatic rings. The Morgan fingerprint density at radius 3 is 2.59 bits per heavy atom. The molecule has 17 heavy (non-hydrogen) atoms. The van der Waals surface area contributed by atoms with Crippen LogP contribution in [0, 0.1) is 0 Å². The molecule has 0 radical (unpaired) electrons. The number of carboxylic acid groups (broad SMARTS) is 1. The number of unbranched alkanes of at least 4 members (excludes halogenated alkanes) is 1. The number of amides is 1. The maximum absolute atomic E-state index is 11.8. The molecule has 0 saturated carbocycles. The van der Waals surface area contributed by atoms with Crippen LogP contribution >= 0.6 is 0 Å². The monoisotopic (exact) mass is 243 g/mol. The first kappa shape index (κ1) is 14.0. The average molecular weight is 243 g/mol. The maximum Gasteiger partial charge on any atom is 0.332 e. The molecule has 98 valence electrons. The molecular formula is C12H21NO4. The Kier molecular flexibility index (Phi) is 5.41. The molecule has 3 unspecified atom stereocenters. The van der Waals surface area contributed by atoms with Gasteiger partial charge in [0.1, 0.15) is 6.10 Å². The van der Waals surface area contributed by atoms with E-state index in [2.05, 4.69) is 12.2 Å². The topological polar surface area (TPSA) is 75.6 Å². The summed E-state index contributed by atoms with van der Waals surface area (Å²) in [5.74, 6) is -1.17. The molecule has 1 aliphatic heterocycles. The highest BCUT2D eigenvalue weighted by Crippen LogP contribution is 2.20. The lowest BCUT2D eigenvalue weighted by atomic mass is 10.1. The van der Waals surface area contributed by atoms with E-state index in [0.717, 1.165) is 19.3 Å². The Morgan fingerprint density at radius 1 is 1.41 bits per heavy atom. The first-order valence-electron chi connectivity index (χ1n) is 6.23. The predicted octanol–water partition coefficient (Wildman–Crippen LogP) is 1.31. The second kappa shape index (κ2) is 6.59. The van der Waals surface area contributed by atoms with Crippen LogP contribution in [-0.4, -0.2) is 35.2 Å². The molecule has 0 aromatic carbocycles. The van der Waals surface area contributed by atoms with Crippen LogP contribution in [0.3, 0.4) is 0 Å². The van der Waals surface area contributed by atoms with E-state index in [1.807, 2.05) is 6.92 Å². The first-order chi connectivity index (χ1) is 8.04. The van der Waals surface area contributed by atoms with Crippen LogP contribution in [0.1, 0.15) is 46.0 Å². The lowest BCUT2D eigenvalue weighted by Crippen LogP contribution is -2.40. The third kappa shape index (κ3) is 4.34. The second-order valence-electron chi connectivity index (χ2n) is 4.58. The van der Waals surface area contributed by atoms with Gasteiger partial charge in [0.25, 0.3) is 0 Å². The van der Waals surface area contributed by atoms with E-state index in [9.17, 15) is 9.59 Å². The van der Waals surface area contributed by atoms with E-state index in [1.165, 1.54) is 0 Å². The normalized spacial score (nSPS) is 25.5. The number of ether oxygens (including phenoxy) is 1. The fourth-order valence-corrected chi connectivity index (χ4v) is 1.93. The highest BCUT2D eigenvalue weighted by molar-refractivity contribution is 5.82. The molecule has 1 rings (SSSR count). The van der Waals surface area contributed by atoms with Gasteiger partial charge in [-0.2, -0.15) is 0 Å². The summed E-state index contributed by atoms with van der Waals surface area (Å²) in [7, 11) is 0. The molecule has 5 heteroatoms. The van der Waals surface area contributed by atoms with Crippen LogP contribution in [0.2, 0.25) is 0 Å². The predicted molar refractivity (Wildman–Crippen MR) is 62.7 cm³/mol. The minimum absolute atomic E-state index is 0.120. The highest BCUT2D eigenvalue weighted by Gasteiger charge is 2.34. The number of hydrogen-bond acceptors (Lipinski definition) is 3. The van der Waals surface area contributed by atoms with Crippen LogP contribution in [0.15, 0.2) is 0 Å². The van der Waals surface area contributed by atoms with Crippen LogP contribution in [0.4, 0.5) is 0 Å². The van der Waals surface area contributed by atoms with Gasteiger partial charge in [0.15, 0.2) is 6.10 Å². The van der Waals surface area contributed by atoms with Crippen molar-refractivity contribution in [1.82, 2.24) is 5.32 Å². The number of carbonyl (C=O) groups excluding carboxylic acids is 1. The lowest BCUT2D eigenvalue weighted by Gasteiger charge is -2.16. The van der Waals surface area contributed by atoms with Crippen LogP contribution in [-0.2, 0) is 14.3 Å². The lowest BCUT2D eigenvalue weighted by molar-refractivity contribution is -0.151. The molecule has 3 atom stereocenters. The number of hydrogen-bond donors (Lipinski definition) is 2. The zero-order valence-corrected chi connectivity index (χ0v) is 10.4. The zero-order chi connectivity index (χ0) is 12.8. The SMILES string of the molecule is CCCCC(C)NC(=O)C1CCC(C(=O)O)O1. The Balaban J connectivity index is 2.31. The second-order valence-corrected chi connectivity index (χ2v) is 4.58. The van der Waals surface area contributed by atoms with Gasteiger partial charge in [-0.05, 0) is 26.2 Å². The van der Waals surface area contributed by atoms with E-state index in [4.69, 9.17) is 9.84 Å². The maximum atomic E-state index is 11.8. The Bertz CT molecular complexity index is 280. The van der Waals surface area contributed by atoms with E-state index in [0.29, 0.717) is 12.8 Å². The van der Waals surface area contributed by atoms with Crippen LogP contribution in [0.25, 0.3) is 0 Å². The van der Waals surface area contributed by atoms with Gasteiger partial charge in [-0.25, -0.2) is 4.79 Å². The summed E-state index contributed by atoms with van der Waals surface area (Å²) in [6, 6.07) is 0.120. The molecule has 1 amide bonds. The summed E-state index contributed by atoms with van der Waals surface area (Å²) in [5, 5.41) is 11.6. The van der Waals surface area contributed by atoms with E-state index in [1.54, 1.807) is 0 Å². The molecule has 0 aromatic rings. The van der Waals surface area contributed by atoms with Gasteiger partial charge in [0.2, 0.25) is 5.91 Å². The highest BCUT2D eigenvalue weighted by atomic mass is 16.5. The molecule has 1 heterocycles. The number of carbonyl (C=O) groups is 2. The van der Waals surface area contributed by atoms with Crippen molar-refractivity contribution < 1.29 is 19.4 Å². The molecule has 0 aliphatic carbocycles. The molecular weight excluding hydrogens is 222 g/mol. The fourth-order valence-electron chi connectivity index (χ4n) is 1.93. The Hall–Kier alpha value is -1.10. The van der Waals surface area contributed by atoms with Gasteiger partial charge >= 0.3 is 5.97 Å². The van der Waals surface area contributed by atoms with Gasteiger partial charge in [0.05, 0.1) is 0 Å². The van der Waals surface area contributed by atoms with Crippen molar-refractivity contribution >= 4 is 11.9 Å². The minimum atomic E-state index is -0.987. The molecule has 5 nitrogen and oxygen atoms in total. The molecule has 0 bridgehead atoms. The third-order valence-electron chi connectivity index (χ3n) is 2.97. The van der Waals surface area contributed by atoms with Crippen LogP contribution in [0.5, 0.6) is 0 Å². The summed E-state index contributed by atoms with van der Waals surface area (Å²) in [5.41, 5.74) is 0. The van der Waals surface area contributed by atoms with Gasteiger partial charge in [-0.1, -0.05) is 19.8 Å². The van der Waals surface area contributed by atoms with Crippen molar-refractivity contribution in [2.45, 2.75) is 64.2 Å². The Labute approximate surface area is 102 Å². The van der Waals surface area contributed by atoms with E-state index in [-0.39, 0.29) is 11.9 Å². The van der Waals surface area contributed by atoms with Gasteiger partial charge < -0.3 is 15.2 Å². The molecule has 2 N–H and O–H groups in total. The van der Waals surface area contributed by atoms with Gasteiger partial charge in [-0.3, -0.25) is 4.79 Å². The number of aliphatic carboxylic acids is 1. The smallest absolute Gasteiger partial charge is 0.332 e. The van der Waals surface area contributed by atoms with Crippen molar-refractivity contribution in [1.29, 1.82) is 0 Å². The van der Waals surface area contributed by atoms with Crippen molar-refractivity contribution in [2.75, 3.05) is 0 Å². The Morgan fingerprint density at radius 2 is 2.06 bits per heavy atom. The number of rotatable bonds is 6. The van der Waals surface area contributed by atoms with Crippen molar-refractivity contribution in [3.8, 4) is 0 Å². The zero-order valence-electron chi connectivity index (χ0n) is 10.4. The van der Waals surface area contributed by atoms with Gasteiger partial charge in [0, 0.05) is 6.04 Å². The molecule has 1 saturated heterocycles. The van der Waals surface area contributed by atoms with Crippen molar-refractivity contribution in [3.05, 3.63) is 0 Å². The first-order valence-corrected chi connectivity index (χ1v) is 6.23. The number of nitrogens with one attached hydrogen (secondary N) is 1. The molecule has 1 fully saturated rings. The quantitative estimate of drug-likeness (QED) is 0.737. The van der Waals surface area contributed by atoms with Crippen LogP contribution < -0.4 is 5.32 Å². The average Bonchev–Trinajstić information content (AvgIpc) is 2.75. The van der Waals surface area contributed by atoms with Crippen molar-refractivity contribution in [3.63, 3.8) is 0 Å². The van der Waals surface area contributed by atoms with E-state index < -0.39 is 18.2 Å². The third-order valence-corrected chi connectivity index (χ3v) is 2.97. The number of carboxylic acids is 1.